The smallest absolute Gasteiger partial charge is 0.191 e. The van der Waals surface area contributed by atoms with Crippen molar-refractivity contribution in [2.45, 2.75) is 51.7 Å². The summed E-state index contributed by atoms with van der Waals surface area (Å²) in [4.78, 5) is 4.38. The molecule has 0 aromatic heterocycles. The van der Waals surface area contributed by atoms with Crippen LogP contribution in [0.4, 0.5) is 0 Å². The van der Waals surface area contributed by atoms with Crippen molar-refractivity contribution < 1.29 is 14.2 Å². The SMILES string of the molecule is CN=C(NCc1cc2c(cc1OC)CC(C)O2)NCC1(CCOC)CCC1.I. The van der Waals surface area contributed by atoms with Gasteiger partial charge in [-0.25, -0.2) is 0 Å². The fraction of sp³-hybridized carbons (Fsp3) is 0.667. The van der Waals surface area contributed by atoms with Crippen molar-refractivity contribution in [3.8, 4) is 11.5 Å². The van der Waals surface area contributed by atoms with Crippen LogP contribution in [0.25, 0.3) is 0 Å². The van der Waals surface area contributed by atoms with Crippen LogP contribution in [-0.4, -0.2) is 46.5 Å². The summed E-state index contributed by atoms with van der Waals surface area (Å²) < 4.78 is 16.8. The van der Waals surface area contributed by atoms with Gasteiger partial charge in [-0.05, 0) is 43.7 Å². The molecule has 1 saturated carbocycles. The zero-order chi connectivity index (χ0) is 19.3. The number of rotatable bonds is 8. The Morgan fingerprint density at radius 2 is 2.07 bits per heavy atom. The monoisotopic (exact) mass is 503 g/mol. The molecular weight excluding hydrogens is 469 g/mol. The Morgan fingerprint density at radius 1 is 1.29 bits per heavy atom. The molecule has 7 heteroatoms. The van der Waals surface area contributed by atoms with Crippen molar-refractivity contribution in [1.82, 2.24) is 10.6 Å². The highest BCUT2D eigenvalue weighted by atomic mass is 127. The van der Waals surface area contributed by atoms with Gasteiger partial charge in [0, 0.05) is 51.4 Å². The van der Waals surface area contributed by atoms with Gasteiger partial charge in [-0.2, -0.15) is 0 Å². The van der Waals surface area contributed by atoms with Crippen molar-refractivity contribution >= 4 is 29.9 Å². The van der Waals surface area contributed by atoms with Gasteiger partial charge < -0.3 is 24.8 Å². The minimum absolute atomic E-state index is 0. The number of hydrogen-bond acceptors (Lipinski definition) is 4. The van der Waals surface area contributed by atoms with Gasteiger partial charge in [0.1, 0.15) is 17.6 Å². The van der Waals surface area contributed by atoms with Gasteiger partial charge >= 0.3 is 0 Å². The molecule has 158 valence electrons. The van der Waals surface area contributed by atoms with Crippen molar-refractivity contribution in [2.75, 3.05) is 34.4 Å². The molecule has 2 aliphatic rings. The van der Waals surface area contributed by atoms with Crippen molar-refractivity contribution in [3.63, 3.8) is 0 Å². The topological polar surface area (TPSA) is 64.1 Å². The number of methoxy groups -OCH3 is 2. The van der Waals surface area contributed by atoms with Crippen molar-refractivity contribution in [2.24, 2.45) is 10.4 Å². The lowest BCUT2D eigenvalue weighted by Gasteiger charge is -2.42. The van der Waals surface area contributed by atoms with Crippen LogP contribution in [0.1, 0.15) is 43.7 Å². The van der Waals surface area contributed by atoms with E-state index in [1.54, 1.807) is 14.2 Å². The molecule has 2 N–H and O–H groups in total. The lowest BCUT2D eigenvalue weighted by Crippen LogP contribution is -2.46. The third-order valence-corrected chi connectivity index (χ3v) is 5.85. The zero-order valence-corrected chi connectivity index (χ0v) is 19.8. The second-order valence-electron chi connectivity index (χ2n) is 7.78. The Balaban J connectivity index is 0.00000280. The van der Waals surface area contributed by atoms with Gasteiger partial charge in [0.15, 0.2) is 5.96 Å². The Labute approximate surface area is 185 Å². The van der Waals surface area contributed by atoms with E-state index in [4.69, 9.17) is 14.2 Å². The number of nitrogens with zero attached hydrogens (tertiary/aromatic N) is 1. The number of nitrogens with one attached hydrogen (secondary N) is 2. The molecule has 1 fully saturated rings. The van der Waals surface area contributed by atoms with Gasteiger partial charge in [0.25, 0.3) is 0 Å². The standard InChI is InChI=1S/C21H33N3O3.HI/c1-15-10-16-11-18(26-4)17(12-19(16)27-15)13-23-20(22-2)24-14-21(6-5-7-21)8-9-25-3;/h11-12,15H,5-10,13-14H2,1-4H3,(H2,22,23,24);1H. The van der Waals surface area contributed by atoms with Crippen LogP contribution >= 0.6 is 24.0 Å². The molecular formula is C21H34IN3O3. The number of benzene rings is 1. The quantitative estimate of drug-likeness (QED) is 0.323. The number of hydrogen-bond donors (Lipinski definition) is 2. The predicted molar refractivity (Wildman–Crippen MR) is 123 cm³/mol. The minimum Gasteiger partial charge on any atom is -0.496 e. The zero-order valence-electron chi connectivity index (χ0n) is 17.5. The molecule has 3 rings (SSSR count). The Morgan fingerprint density at radius 3 is 2.68 bits per heavy atom. The van der Waals surface area contributed by atoms with Crippen LogP contribution in [0, 0.1) is 5.41 Å². The van der Waals surface area contributed by atoms with E-state index < -0.39 is 0 Å². The van der Waals surface area contributed by atoms with Crippen LogP contribution in [0.2, 0.25) is 0 Å². The highest BCUT2D eigenvalue weighted by Gasteiger charge is 2.36. The first kappa shape index (κ1) is 23.1. The van der Waals surface area contributed by atoms with Gasteiger partial charge in [-0.15, -0.1) is 24.0 Å². The van der Waals surface area contributed by atoms with Crippen molar-refractivity contribution in [3.05, 3.63) is 23.3 Å². The molecule has 28 heavy (non-hydrogen) atoms. The first-order chi connectivity index (χ1) is 13.1. The maximum atomic E-state index is 5.89. The summed E-state index contributed by atoms with van der Waals surface area (Å²) >= 11 is 0. The lowest BCUT2D eigenvalue weighted by atomic mass is 9.67. The Bertz CT molecular complexity index is 677. The summed E-state index contributed by atoms with van der Waals surface area (Å²) in [5.41, 5.74) is 2.64. The first-order valence-electron chi connectivity index (χ1n) is 9.89. The summed E-state index contributed by atoms with van der Waals surface area (Å²) in [5.74, 6) is 2.68. The Hall–Kier alpha value is -1.22. The number of halogens is 1. The third-order valence-electron chi connectivity index (χ3n) is 5.85. The molecule has 1 aliphatic heterocycles. The highest BCUT2D eigenvalue weighted by molar-refractivity contribution is 14.0. The highest BCUT2D eigenvalue weighted by Crippen LogP contribution is 2.43. The average Bonchev–Trinajstić information content (AvgIpc) is 3.00. The number of guanidine groups is 1. The van der Waals surface area contributed by atoms with E-state index in [0.717, 1.165) is 49.0 Å². The number of aliphatic imine (C=N–C) groups is 1. The number of ether oxygens (including phenoxy) is 3. The van der Waals surface area contributed by atoms with Crippen LogP contribution in [0.5, 0.6) is 11.5 Å². The first-order valence-corrected chi connectivity index (χ1v) is 9.89. The van der Waals surface area contributed by atoms with E-state index in [2.05, 4.69) is 34.7 Å². The fourth-order valence-corrected chi connectivity index (χ4v) is 3.99. The maximum absolute atomic E-state index is 5.89. The average molecular weight is 503 g/mol. The third kappa shape index (κ3) is 5.43. The molecule has 0 radical (unpaired) electrons. The summed E-state index contributed by atoms with van der Waals surface area (Å²) in [7, 11) is 5.30. The molecule has 1 aromatic carbocycles. The fourth-order valence-electron chi connectivity index (χ4n) is 3.99. The summed E-state index contributed by atoms with van der Waals surface area (Å²) in [6.45, 7) is 4.48. The Kier molecular flexibility index (Phi) is 8.67. The molecule has 0 amide bonds. The lowest BCUT2D eigenvalue weighted by molar-refractivity contribution is 0.0732. The summed E-state index contributed by atoms with van der Waals surface area (Å²) in [6.07, 6.45) is 6.09. The van der Waals surface area contributed by atoms with Gasteiger partial charge in [0.05, 0.1) is 7.11 Å². The molecule has 1 heterocycles. The second kappa shape index (κ2) is 10.5. The molecule has 6 nitrogen and oxygen atoms in total. The van der Waals surface area contributed by atoms with Crippen LogP contribution in [0.3, 0.4) is 0 Å². The van der Waals surface area contributed by atoms with Crippen LogP contribution < -0.4 is 20.1 Å². The predicted octanol–water partition coefficient (Wildman–Crippen LogP) is 3.51. The van der Waals surface area contributed by atoms with E-state index >= 15 is 0 Å². The van der Waals surface area contributed by atoms with E-state index in [1.807, 2.05) is 7.05 Å². The summed E-state index contributed by atoms with van der Waals surface area (Å²) in [5, 5.41) is 6.91. The molecule has 1 atom stereocenters. The largest absolute Gasteiger partial charge is 0.496 e. The van der Waals surface area contributed by atoms with Gasteiger partial charge in [-0.1, -0.05) is 6.42 Å². The normalized spacial score (nSPS) is 19.7. The maximum Gasteiger partial charge on any atom is 0.191 e. The molecule has 0 spiro atoms. The van der Waals surface area contributed by atoms with Gasteiger partial charge in [-0.3, -0.25) is 4.99 Å². The second-order valence-corrected chi connectivity index (χ2v) is 7.78. The van der Waals surface area contributed by atoms with E-state index in [0.29, 0.717) is 12.0 Å². The molecule has 0 bridgehead atoms. The molecule has 1 aromatic rings. The molecule has 1 unspecified atom stereocenters. The molecule has 1 aliphatic carbocycles. The summed E-state index contributed by atoms with van der Waals surface area (Å²) in [6, 6.07) is 4.18. The van der Waals surface area contributed by atoms with Crippen molar-refractivity contribution in [1.29, 1.82) is 0 Å². The molecule has 0 saturated heterocycles. The minimum atomic E-state index is 0. The van der Waals surface area contributed by atoms with Gasteiger partial charge in [0.2, 0.25) is 0 Å². The van der Waals surface area contributed by atoms with E-state index in [9.17, 15) is 0 Å². The van der Waals surface area contributed by atoms with Crippen LogP contribution in [0.15, 0.2) is 17.1 Å². The van der Waals surface area contributed by atoms with Crippen LogP contribution in [-0.2, 0) is 17.7 Å². The van der Waals surface area contributed by atoms with E-state index in [-0.39, 0.29) is 30.1 Å². The van der Waals surface area contributed by atoms with E-state index in [1.165, 1.54) is 24.8 Å². The number of fused-ring (bicyclic) bond motifs is 1.